The summed E-state index contributed by atoms with van der Waals surface area (Å²) >= 11 is 2.01. The number of anilines is 2. The molecular formula is C22H25N5OS. The number of carbonyl (C=O) groups is 1. The largest absolute Gasteiger partial charge is 0.370 e. The molecule has 0 aliphatic carbocycles. The Labute approximate surface area is 175 Å². The Bertz CT molecular complexity index is 963. The molecule has 0 spiro atoms. The van der Waals surface area contributed by atoms with Gasteiger partial charge in [0, 0.05) is 54.4 Å². The molecule has 4 rings (SSSR count). The van der Waals surface area contributed by atoms with Crippen molar-refractivity contribution in [2.45, 2.75) is 13.5 Å². The number of carbonyl (C=O) groups excluding carboxylic acids is 1. The van der Waals surface area contributed by atoms with Crippen LogP contribution in [0.5, 0.6) is 0 Å². The minimum absolute atomic E-state index is 0.225. The van der Waals surface area contributed by atoms with Crippen LogP contribution in [0, 0.1) is 6.92 Å². The highest BCUT2D eigenvalue weighted by molar-refractivity contribution is 7.99. The van der Waals surface area contributed by atoms with E-state index in [0.717, 1.165) is 35.7 Å². The summed E-state index contributed by atoms with van der Waals surface area (Å²) in [6, 6.07) is 17.8. The number of urea groups is 1. The fourth-order valence-electron chi connectivity index (χ4n) is 3.36. The first kappa shape index (κ1) is 19.4. The number of thioether (sulfide) groups is 1. The van der Waals surface area contributed by atoms with Gasteiger partial charge in [-0.25, -0.2) is 9.48 Å². The summed E-state index contributed by atoms with van der Waals surface area (Å²) in [5.41, 5.74) is 5.02. The molecule has 1 aliphatic heterocycles. The third-order valence-electron chi connectivity index (χ3n) is 4.95. The molecule has 0 radical (unpaired) electrons. The van der Waals surface area contributed by atoms with Gasteiger partial charge in [0.15, 0.2) is 0 Å². The van der Waals surface area contributed by atoms with Gasteiger partial charge >= 0.3 is 6.03 Å². The zero-order chi connectivity index (χ0) is 20.1. The molecule has 0 bridgehead atoms. The third-order valence-corrected chi connectivity index (χ3v) is 5.89. The number of benzene rings is 2. The maximum atomic E-state index is 12.3. The molecule has 6 nitrogen and oxygen atoms in total. The molecule has 2 heterocycles. The van der Waals surface area contributed by atoms with Crippen molar-refractivity contribution in [1.29, 1.82) is 0 Å². The lowest BCUT2D eigenvalue weighted by Gasteiger charge is -2.28. The summed E-state index contributed by atoms with van der Waals surface area (Å²) in [5.74, 6) is 2.37. The Kier molecular flexibility index (Phi) is 6.05. The van der Waals surface area contributed by atoms with Crippen LogP contribution in [0.2, 0.25) is 0 Å². The lowest BCUT2D eigenvalue weighted by molar-refractivity contribution is 0.251. The van der Waals surface area contributed by atoms with E-state index in [1.54, 1.807) is 6.20 Å². The Balaban J connectivity index is 1.32. The van der Waals surface area contributed by atoms with E-state index in [-0.39, 0.29) is 6.03 Å². The number of hydrogen-bond donors (Lipinski definition) is 2. The SMILES string of the molecule is Cc1ccnn1-c1cccc(NC(=O)NCc2ccc(N3CCSCC3)cc2)c1. The molecule has 2 aromatic carbocycles. The topological polar surface area (TPSA) is 62.2 Å². The van der Waals surface area contributed by atoms with Crippen molar-refractivity contribution < 1.29 is 4.79 Å². The summed E-state index contributed by atoms with van der Waals surface area (Å²) in [7, 11) is 0. The van der Waals surface area contributed by atoms with Crippen molar-refractivity contribution in [2.24, 2.45) is 0 Å². The zero-order valence-electron chi connectivity index (χ0n) is 16.5. The van der Waals surface area contributed by atoms with E-state index in [1.807, 2.05) is 53.7 Å². The van der Waals surface area contributed by atoms with Crippen molar-refractivity contribution >= 4 is 29.2 Å². The predicted octanol–water partition coefficient (Wildman–Crippen LogP) is 4.06. The zero-order valence-corrected chi connectivity index (χ0v) is 17.3. The Morgan fingerprint density at radius 2 is 1.86 bits per heavy atom. The van der Waals surface area contributed by atoms with Crippen LogP contribution in [0.4, 0.5) is 16.2 Å². The highest BCUT2D eigenvalue weighted by atomic mass is 32.2. The smallest absolute Gasteiger partial charge is 0.319 e. The molecule has 2 amide bonds. The van der Waals surface area contributed by atoms with Crippen LogP contribution in [0.15, 0.2) is 60.8 Å². The van der Waals surface area contributed by atoms with Gasteiger partial charge in [0.25, 0.3) is 0 Å². The average molecular weight is 408 g/mol. The number of rotatable bonds is 5. The second-order valence-corrected chi connectivity index (χ2v) is 8.23. The molecule has 1 saturated heterocycles. The van der Waals surface area contributed by atoms with Crippen molar-refractivity contribution in [3.63, 3.8) is 0 Å². The first-order chi connectivity index (χ1) is 14.2. The number of aryl methyl sites for hydroxylation is 1. The second kappa shape index (κ2) is 9.05. The van der Waals surface area contributed by atoms with Gasteiger partial charge in [0.1, 0.15) is 0 Å². The summed E-state index contributed by atoms with van der Waals surface area (Å²) in [6.45, 7) is 4.68. The van der Waals surface area contributed by atoms with Crippen molar-refractivity contribution in [3.05, 3.63) is 72.1 Å². The van der Waals surface area contributed by atoms with Gasteiger partial charge in [-0.2, -0.15) is 16.9 Å². The molecule has 29 heavy (non-hydrogen) atoms. The summed E-state index contributed by atoms with van der Waals surface area (Å²) in [4.78, 5) is 14.7. The molecule has 150 valence electrons. The molecule has 0 atom stereocenters. The van der Waals surface area contributed by atoms with Crippen LogP contribution < -0.4 is 15.5 Å². The van der Waals surface area contributed by atoms with Gasteiger partial charge in [-0.05, 0) is 48.9 Å². The molecule has 1 aromatic heterocycles. The van der Waals surface area contributed by atoms with Crippen LogP contribution >= 0.6 is 11.8 Å². The van der Waals surface area contributed by atoms with E-state index in [4.69, 9.17) is 0 Å². The van der Waals surface area contributed by atoms with Crippen LogP contribution in [0.1, 0.15) is 11.3 Å². The monoisotopic (exact) mass is 407 g/mol. The van der Waals surface area contributed by atoms with Gasteiger partial charge in [0.05, 0.1) is 5.69 Å². The lowest BCUT2D eigenvalue weighted by Crippen LogP contribution is -2.32. The predicted molar refractivity (Wildman–Crippen MR) is 120 cm³/mol. The van der Waals surface area contributed by atoms with Crippen LogP contribution in [-0.2, 0) is 6.54 Å². The van der Waals surface area contributed by atoms with Gasteiger partial charge in [-0.1, -0.05) is 18.2 Å². The Morgan fingerprint density at radius 1 is 1.07 bits per heavy atom. The second-order valence-electron chi connectivity index (χ2n) is 7.01. The van der Waals surface area contributed by atoms with E-state index in [1.165, 1.54) is 17.2 Å². The highest BCUT2D eigenvalue weighted by Gasteiger charge is 2.11. The fourth-order valence-corrected chi connectivity index (χ4v) is 4.26. The minimum atomic E-state index is -0.225. The maximum absolute atomic E-state index is 12.3. The van der Waals surface area contributed by atoms with Crippen LogP contribution in [0.3, 0.4) is 0 Å². The van der Waals surface area contributed by atoms with Gasteiger partial charge in [-0.3, -0.25) is 0 Å². The molecule has 1 aliphatic rings. The number of aromatic nitrogens is 2. The average Bonchev–Trinajstić information content (AvgIpc) is 3.19. The van der Waals surface area contributed by atoms with Gasteiger partial charge in [-0.15, -0.1) is 0 Å². The van der Waals surface area contributed by atoms with Crippen LogP contribution in [0.25, 0.3) is 5.69 Å². The number of amides is 2. The third kappa shape index (κ3) is 4.92. The molecule has 7 heteroatoms. The van der Waals surface area contributed by atoms with Crippen molar-refractivity contribution in [2.75, 3.05) is 34.8 Å². The normalized spacial score (nSPS) is 13.9. The molecule has 0 saturated carbocycles. The molecule has 0 unspecified atom stereocenters. The standard InChI is InChI=1S/C22H25N5OS/c1-17-9-10-24-27(17)21-4-2-3-19(15-21)25-22(28)23-16-18-5-7-20(8-6-18)26-11-13-29-14-12-26/h2-10,15H,11-14,16H2,1H3,(H2,23,25,28). The highest BCUT2D eigenvalue weighted by Crippen LogP contribution is 2.20. The maximum Gasteiger partial charge on any atom is 0.319 e. The van der Waals surface area contributed by atoms with E-state index in [9.17, 15) is 4.79 Å². The fraction of sp³-hybridized carbons (Fsp3) is 0.273. The number of nitrogens with one attached hydrogen (secondary N) is 2. The number of hydrogen-bond acceptors (Lipinski definition) is 4. The quantitative estimate of drug-likeness (QED) is 0.670. The Morgan fingerprint density at radius 3 is 2.59 bits per heavy atom. The molecule has 3 aromatic rings. The van der Waals surface area contributed by atoms with Crippen molar-refractivity contribution in [1.82, 2.24) is 15.1 Å². The summed E-state index contributed by atoms with van der Waals surface area (Å²) in [6.07, 6.45) is 1.76. The summed E-state index contributed by atoms with van der Waals surface area (Å²) < 4.78 is 1.84. The van der Waals surface area contributed by atoms with E-state index < -0.39 is 0 Å². The summed E-state index contributed by atoms with van der Waals surface area (Å²) in [5, 5.41) is 10.1. The van der Waals surface area contributed by atoms with E-state index >= 15 is 0 Å². The molecule has 2 N–H and O–H groups in total. The first-order valence-electron chi connectivity index (χ1n) is 9.76. The molecular weight excluding hydrogens is 382 g/mol. The Hall–Kier alpha value is -2.93. The van der Waals surface area contributed by atoms with E-state index in [2.05, 4.69) is 44.9 Å². The van der Waals surface area contributed by atoms with Gasteiger partial charge in [0.2, 0.25) is 0 Å². The van der Waals surface area contributed by atoms with E-state index in [0.29, 0.717) is 6.54 Å². The number of nitrogens with zero attached hydrogens (tertiary/aromatic N) is 3. The first-order valence-corrected chi connectivity index (χ1v) is 10.9. The minimum Gasteiger partial charge on any atom is -0.370 e. The van der Waals surface area contributed by atoms with Gasteiger partial charge < -0.3 is 15.5 Å². The van der Waals surface area contributed by atoms with Crippen molar-refractivity contribution in [3.8, 4) is 5.69 Å². The van der Waals surface area contributed by atoms with Crippen LogP contribution in [-0.4, -0.2) is 40.4 Å². The molecule has 1 fully saturated rings. The lowest BCUT2D eigenvalue weighted by atomic mass is 10.2.